The van der Waals surface area contributed by atoms with Gasteiger partial charge in [-0.15, -0.1) is 11.3 Å². The summed E-state index contributed by atoms with van der Waals surface area (Å²) >= 11 is 6.28. The minimum atomic E-state index is -3.89. The normalized spacial score (nSPS) is 11.9. The van der Waals surface area contributed by atoms with Crippen LogP contribution >= 0.6 is 22.9 Å². The molecule has 0 amide bonds. The van der Waals surface area contributed by atoms with E-state index in [0.29, 0.717) is 16.0 Å². The third-order valence-corrected chi connectivity index (χ3v) is 3.29. The van der Waals surface area contributed by atoms with Crippen LogP contribution in [0.25, 0.3) is 10.2 Å². The van der Waals surface area contributed by atoms with Gasteiger partial charge in [0.1, 0.15) is 5.15 Å². The molecule has 0 aromatic carbocycles. The molecular formula is C9H4ClF2NO2S. The molecule has 2 heterocycles. The SMILES string of the molecule is O=C(O)C(F)(F)c1cc2nc(Cl)ccc2s1. The molecule has 3 nitrogen and oxygen atoms in total. The number of hydrogen-bond acceptors (Lipinski definition) is 3. The summed E-state index contributed by atoms with van der Waals surface area (Å²) in [5, 5.41) is 8.56. The van der Waals surface area contributed by atoms with Crippen molar-refractivity contribution in [3.8, 4) is 0 Å². The summed E-state index contributed by atoms with van der Waals surface area (Å²) in [6.45, 7) is 0. The van der Waals surface area contributed by atoms with Crippen LogP contribution in [-0.2, 0) is 10.7 Å². The third-order valence-electron chi connectivity index (χ3n) is 1.92. The Morgan fingerprint density at radius 2 is 2.19 bits per heavy atom. The van der Waals surface area contributed by atoms with Gasteiger partial charge in [-0.2, -0.15) is 8.78 Å². The lowest BCUT2D eigenvalue weighted by Gasteiger charge is -2.06. The fourth-order valence-corrected chi connectivity index (χ4v) is 2.28. The molecule has 0 aliphatic heterocycles. The Labute approximate surface area is 97.3 Å². The molecule has 0 saturated heterocycles. The Hall–Kier alpha value is -1.27. The number of alkyl halides is 2. The van der Waals surface area contributed by atoms with Crippen molar-refractivity contribution in [2.45, 2.75) is 5.92 Å². The lowest BCUT2D eigenvalue weighted by Crippen LogP contribution is -2.23. The van der Waals surface area contributed by atoms with Crippen LogP contribution in [0.4, 0.5) is 8.78 Å². The molecule has 2 aromatic heterocycles. The smallest absolute Gasteiger partial charge is 0.380 e. The highest BCUT2D eigenvalue weighted by Gasteiger charge is 2.42. The molecule has 16 heavy (non-hydrogen) atoms. The van der Waals surface area contributed by atoms with Gasteiger partial charge in [0.05, 0.1) is 15.1 Å². The van der Waals surface area contributed by atoms with E-state index in [-0.39, 0.29) is 10.7 Å². The van der Waals surface area contributed by atoms with E-state index in [0.717, 1.165) is 6.07 Å². The summed E-state index contributed by atoms with van der Waals surface area (Å²) in [7, 11) is 0. The first-order valence-electron chi connectivity index (χ1n) is 4.09. The number of fused-ring (bicyclic) bond motifs is 1. The number of nitrogens with zero attached hydrogens (tertiary/aromatic N) is 1. The first-order valence-corrected chi connectivity index (χ1v) is 5.28. The van der Waals surface area contributed by atoms with Crippen LogP contribution in [0.2, 0.25) is 5.15 Å². The summed E-state index contributed by atoms with van der Waals surface area (Å²) in [6, 6.07) is 4.03. The molecule has 0 aliphatic rings. The Morgan fingerprint density at radius 1 is 1.50 bits per heavy atom. The predicted octanol–water partition coefficient (Wildman–Crippen LogP) is 3.13. The first-order chi connectivity index (χ1) is 7.41. The molecule has 84 valence electrons. The largest absolute Gasteiger partial charge is 0.477 e. The second-order valence-electron chi connectivity index (χ2n) is 3.01. The first kappa shape index (κ1) is 11.2. The zero-order valence-electron chi connectivity index (χ0n) is 7.58. The molecular weight excluding hydrogens is 260 g/mol. The number of carbonyl (C=O) groups is 1. The summed E-state index contributed by atoms with van der Waals surface area (Å²) in [4.78, 5) is 13.6. The van der Waals surface area contributed by atoms with Crippen molar-refractivity contribution in [2.75, 3.05) is 0 Å². The lowest BCUT2D eigenvalue weighted by atomic mass is 10.2. The maximum absolute atomic E-state index is 13.2. The van der Waals surface area contributed by atoms with Gasteiger partial charge < -0.3 is 5.11 Å². The number of halogens is 3. The van der Waals surface area contributed by atoms with Crippen molar-refractivity contribution < 1.29 is 18.7 Å². The van der Waals surface area contributed by atoms with Gasteiger partial charge >= 0.3 is 11.9 Å². The standard InChI is InChI=1S/C9H4ClF2NO2S/c10-7-2-1-5-4(13-7)3-6(16-5)9(11,12)8(14)15/h1-3H,(H,14,15). The van der Waals surface area contributed by atoms with Crippen molar-refractivity contribution in [2.24, 2.45) is 0 Å². The van der Waals surface area contributed by atoms with Gasteiger partial charge in [0.15, 0.2) is 0 Å². The summed E-state index contributed by atoms with van der Waals surface area (Å²) in [6.07, 6.45) is 0. The van der Waals surface area contributed by atoms with E-state index >= 15 is 0 Å². The van der Waals surface area contributed by atoms with E-state index in [2.05, 4.69) is 4.98 Å². The number of aliphatic carboxylic acids is 1. The molecule has 0 unspecified atom stereocenters. The van der Waals surface area contributed by atoms with E-state index in [1.807, 2.05) is 0 Å². The van der Waals surface area contributed by atoms with E-state index in [1.54, 1.807) is 0 Å². The van der Waals surface area contributed by atoms with Gasteiger partial charge in [-0.3, -0.25) is 0 Å². The van der Waals surface area contributed by atoms with Crippen LogP contribution < -0.4 is 0 Å². The Kier molecular flexibility index (Phi) is 2.55. The van der Waals surface area contributed by atoms with E-state index in [9.17, 15) is 13.6 Å². The number of pyridine rings is 1. The monoisotopic (exact) mass is 263 g/mol. The number of carboxylic acids is 1. The Balaban J connectivity index is 2.59. The minimum Gasteiger partial charge on any atom is -0.477 e. The fraction of sp³-hybridized carbons (Fsp3) is 0.111. The Morgan fingerprint density at radius 3 is 2.81 bits per heavy atom. The number of rotatable bonds is 2. The summed E-state index contributed by atoms with van der Waals surface area (Å²) in [5.41, 5.74) is 0.272. The van der Waals surface area contributed by atoms with Crippen LogP contribution in [0.15, 0.2) is 18.2 Å². The zero-order chi connectivity index (χ0) is 11.9. The van der Waals surface area contributed by atoms with Gasteiger partial charge in [0.25, 0.3) is 0 Å². The van der Waals surface area contributed by atoms with Crippen LogP contribution in [0, 0.1) is 0 Å². The molecule has 0 fully saturated rings. The molecule has 2 rings (SSSR count). The van der Waals surface area contributed by atoms with Crippen molar-refractivity contribution in [1.82, 2.24) is 4.98 Å². The van der Waals surface area contributed by atoms with Gasteiger partial charge in [0.2, 0.25) is 0 Å². The lowest BCUT2D eigenvalue weighted by molar-refractivity contribution is -0.165. The van der Waals surface area contributed by atoms with Gasteiger partial charge in [0, 0.05) is 0 Å². The Bertz CT molecular complexity index is 570. The van der Waals surface area contributed by atoms with Crippen molar-refractivity contribution in [1.29, 1.82) is 0 Å². The van der Waals surface area contributed by atoms with Crippen LogP contribution in [0.5, 0.6) is 0 Å². The van der Waals surface area contributed by atoms with Crippen LogP contribution in [0.3, 0.4) is 0 Å². The molecule has 0 atom stereocenters. The molecule has 0 spiro atoms. The third kappa shape index (κ3) is 1.74. The van der Waals surface area contributed by atoms with Gasteiger partial charge in [-0.05, 0) is 18.2 Å². The molecule has 0 radical (unpaired) electrons. The fourth-order valence-electron chi connectivity index (χ4n) is 1.16. The molecule has 0 saturated carbocycles. The highest BCUT2D eigenvalue weighted by atomic mass is 35.5. The average Bonchev–Trinajstić information content (AvgIpc) is 2.60. The van der Waals surface area contributed by atoms with Crippen molar-refractivity contribution in [3.63, 3.8) is 0 Å². The maximum Gasteiger partial charge on any atom is 0.380 e. The minimum absolute atomic E-state index is 0.176. The number of hydrogen-bond donors (Lipinski definition) is 1. The summed E-state index contributed by atoms with van der Waals surface area (Å²) < 4.78 is 26.8. The van der Waals surface area contributed by atoms with Gasteiger partial charge in [-0.1, -0.05) is 11.6 Å². The maximum atomic E-state index is 13.2. The second kappa shape index (κ2) is 3.64. The predicted molar refractivity (Wildman–Crippen MR) is 56.2 cm³/mol. The quantitative estimate of drug-likeness (QED) is 0.847. The topological polar surface area (TPSA) is 50.2 Å². The number of thiophene rings is 1. The van der Waals surface area contributed by atoms with Crippen LogP contribution in [0.1, 0.15) is 4.88 Å². The molecule has 7 heteroatoms. The highest BCUT2D eigenvalue weighted by molar-refractivity contribution is 7.19. The molecule has 0 bridgehead atoms. The highest BCUT2D eigenvalue weighted by Crippen LogP contribution is 2.37. The van der Waals surface area contributed by atoms with E-state index in [4.69, 9.17) is 16.7 Å². The van der Waals surface area contributed by atoms with Gasteiger partial charge in [-0.25, -0.2) is 9.78 Å². The second-order valence-corrected chi connectivity index (χ2v) is 4.48. The van der Waals surface area contributed by atoms with E-state index in [1.165, 1.54) is 12.1 Å². The van der Waals surface area contributed by atoms with Crippen LogP contribution in [-0.4, -0.2) is 16.1 Å². The average molecular weight is 264 g/mol. The van der Waals surface area contributed by atoms with E-state index < -0.39 is 16.8 Å². The van der Waals surface area contributed by atoms with Crippen molar-refractivity contribution in [3.05, 3.63) is 28.2 Å². The summed E-state index contributed by atoms with van der Waals surface area (Å²) in [5.74, 6) is -6.07. The van der Waals surface area contributed by atoms with Crippen molar-refractivity contribution >= 4 is 39.1 Å². The number of aromatic nitrogens is 1. The zero-order valence-corrected chi connectivity index (χ0v) is 9.15. The molecule has 2 aromatic rings. The molecule has 0 aliphatic carbocycles. The number of carboxylic acid groups (broad SMARTS) is 1. The molecule has 1 N–H and O–H groups in total.